The van der Waals surface area contributed by atoms with E-state index < -0.39 is 36.9 Å². The number of anilines is 1. The smallest absolute Gasteiger partial charge is 0.408 e. The Labute approximate surface area is 142 Å². The number of alkyl carbamates (subject to hydrolysis) is 1. The van der Waals surface area contributed by atoms with Crippen LogP contribution < -0.4 is 20.5 Å². The van der Waals surface area contributed by atoms with Gasteiger partial charge in [0.15, 0.2) is 6.04 Å². The molecule has 0 aromatic heterocycles. The monoisotopic (exact) mass is 362 g/mol. The average molecular weight is 362 g/mol. The van der Waals surface area contributed by atoms with Crippen LogP contribution in [0.4, 0.5) is 19.3 Å². The summed E-state index contributed by atoms with van der Waals surface area (Å²) in [6.07, 6.45) is -0.939. The van der Waals surface area contributed by atoms with E-state index in [0.29, 0.717) is 0 Å². The van der Waals surface area contributed by atoms with Crippen molar-refractivity contribution in [1.29, 1.82) is 0 Å². The first-order chi connectivity index (χ1) is 11.5. The first kappa shape index (κ1) is 20.3. The highest BCUT2D eigenvalue weighted by molar-refractivity contribution is 5.80. The van der Waals surface area contributed by atoms with Gasteiger partial charge in [0.1, 0.15) is 23.7 Å². The number of nitrogens with two attached hydrogens (primary N) is 1. The standard InChI is InChI=1S/C15H20F2N2O6/c1-15(2,3)25-14(22)19-10(12(20)21)7-23-11-6-8(24-13(16)17)4-5-9(11)18/h4-6,10,13H,7,18H2,1-3H3,(H,19,22)(H,20,21). The normalized spacial score (nSPS) is 12.4. The molecule has 0 saturated heterocycles. The second-order valence-corrected chi connectivity index (χ2v) is 5.93. The van der Waals surface area contributed by atoms with Gasteiger partial charge in [-0.2, -0.15) is 8.78 Å². The Bertz CT molecular complexity index is 619. The van der Waals surface area contributed by atoms with Gasteiger partial charge in [-0.25, -0.2) is 9.59 Å². The van der Waals surface area contributed by atoms with Crippen molar-refractivity contribution in [3.8, 4) is 11.5 Å². The topological polar surface area (TPSA) is 120 Å². The lowest BCUT2D eigenvalue weighted by Gasteiger charge is -2.22. The van der Waals surface area contributed by atoms with Crippen LogP contribution in [-0.4, -0.2) is 42.0 Å². The molecule has 0 aliphatic rings. The lowest BCUT2D eigenvalue weighted by atomic mass is 10.2. The third-order valence-electron chi connectivity index (χ3n) is 2.60. The highest BCUT2D eigenvalue weighted by atomic mass is 19.3. The lowest BCUT2D eigenvalue weighted by Crippen LogP contribution is -2.46. The zero-order valence-electron chi connectivity index (χ0n) is 13.9. The molecular formula is C15H20F2N2O6. The molecule has 8 nitrogen and oxygen atoms in total. The molecule has 1 rings (SSSR count). The summed E-state index contributed by atoms with van der Waals surface area (Å²) in [6, 6.07) is 2.13. The number of carbonyl (C=O) groups excluding carboxylic acids is 1. The Hall–Kier alpha value is -2.78. The number of carbonyl (C=O) groups is 2. The van der Waals surface area contributed by atoms with Crippen LogP contribution in [0.25, 0.3) is 0 Å². The number of halogens is 2. The Morgan fingerprint density at radius 3 is 2.48 bits per heavy atom. The van der Waals surface area contributed by atoms with E-state index in [1.54, 1.807) is 20.8 Å². The molecule has 140 valence electrons. The number of nitrogens with one attached hydrogen (secondary N) is 1. The van der Waals surface area contributed by atoms with Crippen LogP contribution in [0.2, 0.25) is 0 Å². The summed E-state index contributed by atoms with van der Waals surface area (Å²) >= 11 is 0. The number of amides is 1. The maximum absolute atomic E-state index is 12.2. The molecular weight excluding hydrogens is 342 g/mol. The van der Waals surface area contributed by atoms with Crippen molar-refractivity contribution in [2.24, 2.45) is 0 Å². The number of carboxylic acids is 1. The quantitative estimate of drug-likeness (QED) is 0.636. The van der Waals surface area contributed by atoms with E-state index in [1.165, 1.54) is 12.1 Å². The summed E-state index contributed by atoms with van der Waals surface area (Å²) in [4.78, 5) is 22.9. The zero-order chi connectivity index (χ0) is 19.2. The molecule has 0 aliphatic heterocycles. The molecule has 0 radical (unpaired) electrons. The number of hydrogen-bond donors (Lipinski definition) is 3. The summed E-state index contributed by atoms with van der Waals surface area (Å²) in [5.41, 5.74) is 4.92. The second-order valence-electron chi connectivity index (χ2n) is 5.93. The van der Waals surface area contributed by atoms with Gasteiger partial charge in [0.25, 0.3) is 0 Å². The van der Waals surface area contributed by atoms with Gasteiger partial charge in [-0.05, 0) is 32.9 Å². The summed E-state index contributed by atoms with van der Waals surface area (Å²) < 4.78 is 38.8. The molecule has 10 heteroatoms. The van der Waals surface area contributed by atoms with Crippen LogP contribution in [0.15, 0.2) is 18.2 Å². The molecule has 25 heavy (non-hydrogen) atoms. The fraction of sp³-hybridized carbons (Fsp3) is 0.467. The molecule has 1 atom stereocenters. The Morgan fingerprint density at radius 1 is 1.32 bits per heavy atom. The van der Waals surface area contributed by atoms with Crippen molar-refractivity contribution in [2.75, 3.05) is 12.3 Å². The van der Waals surface area contributed by atoms with Crippen molar-refractivity contribution < 1.29 is 37.7 Å². The number of benzene rings is 1. The largest absolute Gasteiger partial charge is 0.489 e. The predicted octanol–water partition coefficient (Wildman–Crippen LogP) is 2.23. The number of aliphatic carboxylic acids is 1. The summed E-state index contributed by atoms with van der Waals surface area (Å²) in [5, 5.41) is 11.3. The molecule has 0 spiro atoms. The van der Waals surface area contributed by atoms with Gasteiger partial charge in [0.05, 0.1) is 5.69 Å². The third kappa shape index (κ3) is 7.55. The fourth-order valence-electron chi connectivity index (χ4n) is 1.61. The first-order valence-electron chi connectivity index (χ1n) is 7.17. The first-order valence-corrected chi connectivity index (χ1v) is 7.17. The van der Waals surface area contributed by atoms with Gasteiger partial charge in [-0.1, -0.05) is 0 Å². The van der Waals surface area contributed by atoms with E-state index in [0.717, 1.165) is 6.07 Å². The van der Waals surface area contributed by atoms with E-state index in [1.807, 2.05) is 0 Å². The van der Waals surface area contributed by atoms with Crippen molar-refractivity contribution in [2.45, 2.75) is 39.0 Å². The van der Waals surface area contributed by atoms with Gasteiger partial charge >= 0.3 is 18.7 Å². The molecule has 1 aromatic carbocycles. The van der Waals surface area contributed by atoms with E-state index >= 15 is 0 Å². The minimum absolute atomic E-state index is 0.0598. The number of hydrogen-bond acceptors (Lipinski definition) is 6. The lowest BCUT2D eigenvalue weighted by molar-refractivity contribution is -0.140. The van der Waals surface area contributed by atoms with Crippen molar-refractivity contribution >= 4 is 17.7 Å². The van der Waals surface area contributed by atoms with Crippen LogP contribution in [0.1, 0.15) is 20.8 Å². The zero-order valence-corrected chi connectivity index (χ0v) is 13.9. The minimum Gasteiger partial charge on any atom is -0.489 e. The highest BCUT2D eigenvalue weighted by Gasteiger charge is 2.25. The van der Waals surface area contributed by atoms with Crippen LogP contribution in [0.5, 0.6) is 11.5 Å². The van der Waals surface area contributed by atoms with Crippen LogP contribution in [0, 0.1) is 0 Å². The highest BCUT2D eigenvalue weighted by Crippen LogP contribution is 2.28. The molecule has 1 unspecified atom stereocenters. The molecule has 0 bridgehead atoms. The molecule has 0 saturated carbocycles. The number of alkyl halides is 2. The minimum atomic E-state index is -3.03. The van der Waals surface area contributed by atoms with Crippen molar-refractivity contribution in [1.82, 2.24) is 5.32 Å². The van der Waals surface area contributed by atoms with Crippen LogP contribution in [-0.2, 0) is 9.53 Å². The summed E-state index contributed by atoms with van der Waals surface area (Å²) in [5.74, 6) is -1.63. The van der Waals surface area contributed by atoms with Gasteiger partial charge in [-0.15, -0.1) is 0 Å². The Morgan fingerprint density at radius 2 is 1.96 bits per heavy atom. The maximum Gasteiger partial charge on any atom is 0.408 e. The molecule has 0 aliphatic carbocycles. The summed E-state index contributed by atoms with van der Waals surface area (Å²) in [7, 11) is 0. The van der Waals surface area contributed by atoms with Gasteiger partial charge in [-0.3, -0.25) is 0 Å². The second kappa shape index (κ2) is 8.36. The number of carboxylic acid groups (broad SMARTS) is 1. The molecule has 0 fully saturated rings. The average Bonchev–Trinajstić information content (AvgIpc) is 2.43. The fourth-order valence-corrected chi connectivity index (χ4v) is 1.61. The van der Waals surface area contributed by atoms with E-state index in [2.05, 4.69) is 10.1 Å². The van der Waals surface area contributed by atoms with Crippen molar-refractivity contribution in [3.05, 3.63) is 18.2 Å². The van der Waals surface area contributed by atoms with Crippen LogP contribution in [0.3, 0.4) is 0 Å². The molecule has 1 amide bonds. The predicted molar refractivity (Wildman–Crippen MR) is 83.8 cm³/mol. The number of ether oxygens (including phenoxy) is 3. The van der Waals surface area contributed by atoms with E-state index in [4.69, 9.17) is 20.3 Å². The maximum atomic E-state index is 12.2. The Balaban J connectivity index is 2.74. The van der Waals surface area contributed by atoms with Gasteiger partial charge in [0.2, 0.25) is 0 Å². The van der Waals surface area contributed by atoms with Crippen molar-refractivity contribution in [3.63, 3.8) is 0 Å². The van der Waals surface area contributed by atoms with E-state index in [-0.39, 0.29) is 17.2 Å². The van der Waals surface area contributed by atoms with E-state index in [9.17, 15) is 18.4 Å². The van der Waals surface area contributed by atoms with Crippen LogP contribution >= 0.6 is 0 Å². The number of rotatable bonds is 7. The Kier molecular flexibility index (Phi) is 6.77. The number of nitrogen functional groups attached to an aromatic ring is 1. The molecule has 4 N–H and O–H groups in total. The van der Waals surface area contributed by atoms with Gasteiger partial charge in [0, 0.05) is 6.07 Å². The SMILES string of the molecule is CC(C)(C)OC(=O)NC(COc1cc(OC(F)F)ccc1N)C(=O)O. The molecule has 0 heterocycles. The molecule has 1 aromatic rings. The van der Waals surface area contributed by atoms with Gasteiger partial charge < -0.3 is 30.4 Å². The third-order valence-corrected chi connectivity index (χ3v) is 2.60. The summed E-state index contributed by atoms with van der Waals surface area (Å²) in [6.45, 7) is 1.32.